The number of aromatic nitrogens is 4. The fraction of sp³-hybridized carbons (Fsp3) is 0.222. The van der Waals surface area contributed by atoms with Gasteiger partial charge in [-0.25, -0.2) is 18.4 Å². The molecule has 5 aromatic rings. The molecule has 1 fully saturated rings. The maximum Gasteiger partial charge on any atom is 0.261 e. The predicted octanol–water partition coefficient (Wildman–Crippen LogP) is 4.07. The first-order valence-corrected chi connectivity index (χ1v) is 14.0. The molecule has 0 saturated carbocycles. The van der Waals surface area contributed by atoms with Gasteiger partial charge in [0.15, 0.2) is 5.58 Å². The largest absolute Gasteiger partial charge is 0.497 e. The average Bonchev–Trinajstić information content (AvgIpc) is 3.61. The number of nitrogen functional groups attached to an aromatic ring is 1. The van der Waals surface area contributed by atoms with Gasteiger partial charge in [-0.05, 0) is 68.4 Å². The van der Waals surface area contributed by atoms with Crippen LogP contribution in [0, 0.1) is 0 Å². The van der Waals surface area contributed by atoms with E-state index in [0.717, 1.165) is 37.1 Å². The number of nitrogens with one attached hydrogen (secondary N) is 2. The topological polar surface area (TPSA) is 150 Å². The first kappa shape index (κ1) is 24.9. The van der Waals surface area contributed by atoms with Crippen LogP contribution in [0.3, 0.4) is 0 Å². The lowest BCUT2D eigenvalue weighted by Gasteiger charge is -2.22. The van der Waals surface area contributed by atoms with Crippen molar-refractivity contribution in [2.75, 3.05) is 30.7 Å². The van der Waals surface area contributed by atoms with Crippen molar-refractivity contribution in [3.63, 3.8) is 0 Å². The van der Waals surface area contributed by atoms with Gasteiger partial charge >= 0.3 is 0 Å². The molecule has 0 aliphatic carbocycles. The van der Waals surface area contributed by atoms with Crippen LogP contribution in [0.25, 0.3) is 33.7 Å². The van der Waals surface area contributed by atoms with Gasteiger partial charge in [0, 0.05) is 29.6 Å². The number of oxazole rings is 1. The van der Waals surface area contributed by atoms with Crippen molar-refractivity contribution in [3.05, 3.63) is 67.1 Å². The number of nitrogens with zero attached hydrogens (tertiary/aromatic N) is 4. The number of anilines is 2. The second kappa shape index (κ2) is 10.0. The molecule has 4 heterocycles. The van der Waals surface area contributed by atoms with Crippen LogP contribution in [0.5, 0.6) is 5.75 Å². The highest BCUT2D eigenvalue weighted by atomic mass is 32.2. The summed E-state index contributed by atoms with van der Waals surface area (Å²) in [7, 11) is -2.29. The maximum absolute atomic E-state index is 12.9. The van der Waals surface area contributed by atoms with Gasteiger partial charge in [-0.1, -0.05) is 0 Å². The van der Waals surface area contributed by atoms with E-state index in [1.807, 2.05) is 23.1 Å². The molecule has 11 nitrogen and oxygen atoms in total. The molecule has 0 unspecified atom stereocenters. The average molecular weight is 546 g/mol. The Balaban J connectivity index is 1.27. The molecule has 200 valence electrons. The fourth-order valence-electron chi connectivity index (χ4n) is 4.63. The van der Waals surface area contributed by atoms with Crippen molar-refractivity contribution in [1.82, 2.24) is 25.1 Å². The lowest BCUT2D eigenvalue weighted by atomic mass is 10.1. The van der Waals surface area contributed by atoms with Crippen molar-refractivity contribution < 1.29 is 17.6 Å². The van der Waals surface area contributed by atoms with Crippen molar-refractivity contribution in [2.24, 2.45) is 0 Å². The van der Waals surface area contributed by atoms with Crippen LogP contribution < -0.4 is 20.5 Å². The molecule has 1 aliphatic heterocycles. The van der Waals surface area contributed by atoms with Crippen LogP contribution >= 0.6 is 0 Å². The highest BCUT2D eigenvalue weighted by molar-refractivity contribution is 7.92. The van der Waals surface area contributed by atoms with E-state index < -0.39 is 10.0 Å². The zero-order valence-electron chi connectivity index (χ0n) is 21.2. The second-order valence-electron chi connectivity index (χ2n) is 9.33. The Morgan fingerprint density at radius 3 is 2.64 bits per heavy atom. The van der Waals surface area contributed by atoms with E-state index in [1.54, 1.807) is 36.5 Å². The van der Waals surface area contributed by atoms with Gasteiger partial charge in [0.1, 0.15) is 17.1 Å². The summed E-state index contributed by atoms with van der Waals surface area (Å²) >= 11 is 0. The Bertz CT molecular complexity index is 1740. The van der Waals surface area contributed by atoms with E-state index in [2.05, 4.69) is 25.1 Å². The number of piperidine rings is 1. The smallest absolute Gasteiger partial charge is 0.261 e. The van der Waals surface area contributed by atoms with Crippen LogP contribution in [0.15, 0.2) is 76.4 Å². The van der Waals surface area contributed by atoms with Crippen LogP contribution in [0.1, 0.15) is 18.9 Å². The Labute approximate surface area is 225 Å². The normalized spacial score (nSPS) is 14.5. The molecular formula is C27H27N7O4S. The Hall–Kier alpha value is -4.42. The molecule has 0 atom stereocenters. The van der Waals surface area contributed by atoms with Gasteiger partial charge in [-0.15, -0.1) is 0 Å². The van der Waals surface area contributed by atoms with Gasteiger partial charge in [-0.3, -0.25) is 9.40 Å². The van der Waals surface area contributed by atoms with Gasteiger partial charge in [-0.2, -0.15) is 5.10 Å². The predicted molar refractivity (Wildman–Crippen MR) is 148 cm³/mol. The third kappa shape index (κ3) is 5.03. The fourth-order valence-corrected chi connectivity index (χ4v) is 5.68. The Morgan fingerprint density at radius 2 is 1.87 bits per heavy atom. The molecule has 0 bridgehead atoms. The number of nitrogens with two attached hydrogens (primary N) is 1. The highest BCUT2D eigenvalue weighted by Gasteiger charge is 2.19. The van der Waals surface area contributed by atoms with E-state index in [4.69, 9.17) is 14.9 Å². The third-order valence-electron chi connectivity index (χ3n) is 6.78. The molecular weight excluding hydrogens is 518 g/mol. The molecule has 2 aromatic carbocycles. The number of ether oxygens (including phenoxy) is 1. The molecule has 6 rings (SSSR count). The summed E-state index contributed by atoms with van der Waals surface area (Å²) in [4.78, 5) is 9.04. The van der Waals surface area contributed by atoms with Crippen LogP contribution in [-0.2, 0) is 10.0 Å². The second-order valence-corrected chi connectivity index (χ2v) is 11.0. The molecule has 4 N–H and O–H groups in total. The van der Waals surface area contributed by atoms with Crippen molar-refractivity contribution >= 4 is 32.6 Å². The van der Waals surface area contributed by atoms with Crippen molar-refractivity contribution in [2.45, 2.75) is 23.8 Å². The summed E-state index contributed by atoms with van der Waals surface area (Å²) in [5, 5.41) is 7.94. The highest BCUT2D eigenvalue weighted by Crippen LogP contribution is 2.33. The van der Waals surface area contributed by atoms with Crippen LogP contribution in [0.2, 0.25) is 0 Å². The zero-order chi connectivity index (χ0) is 27.0. The minimum absolute atomic E-state index is 0.112. The number of rotatable bonds is 7. The standard InChI is InChI=1S/C27H27N7O4S/c1-37-21-3-5-22(6-4-21)39(35,36)33-19-2-7-24-25(13-19)38-27(32-24)23-12-17(14-30-26(23)28)18-15-31-34(16-18)20-8-10-29-11-9-20/h2-7,12-16,20,29,33H,8-11H2,1H3,(H2,28,30). The zero-order valence-corrected chi connectivity index (χ0v) is 22.0. The maximum atomic E-state index is 12.9. The van der Waals surface area contributed by atoms with Crippen molar-refractivity contribution in [1.29, 1.82) is 0 Å². The summed E-state index contributed by atoms with van der Waals surface area (Å²) in [6.45, 7) is 1.96. The first-order chi connectivity index (χ1) is 18.9. The van der Waals surface area contributed by atoms with Gasteiger partial charge in [0.05, 0.1) is 35.5 Å². The van der Waals surface area contributed by atoms with Crippen LogP contribution in [0.4, 0.5) is 11.5 Å². The number of sulfonamides is 1. The van der Waals surface area contributed by atoms with Crippen molar-refractivity contribution in [3.8, 4) is 28.3 Å². The lowest BCUT2D eigenvalue weighted by molar-refractivity contribution is 0.343. The van der Waals surface area contributed by atoms with Gasteiger partial charge in [0.25, 0.3) is 10.0 Å². The first-order valence-electron chi connectivity index (χ1n) is 12.5. The molecule has 39 heavy (non-hydrogen) atoms. The van der Waals surface area contributed by atoms with Gasteiger partial charge in [0.2, 0.25) is 5.89 Å². The number of methoxy groups -OCH3 is 1. The molecule has 1 aliphatic rings. The third-order valence-corrected chi connectivity index (χ3v) is 8.17. The number of benzene rings is 2. The summed E-state index contributed by atoms with van der Waals surface area (Å²) in [6, 6.07) is 13.3. The minimum Gasteiger partial charge on any atom is -0.497 e. The summed E-state index contributed by atoms with van der Waals surface area (Å²) in [6.07, 6.45) is 7.63. The van der Waals surface area contributed by atoms with E-state index in [-0.39, 0.29) is 16.6 Å². The van der Waals surface area contributed by atoms with E-state index >= 15 is 0 Å². The van der Waals surface area contributed by atoms with Gasteiger partial charge < -0.3 is 20.2 Å². The summed E-state index contributed by atoms with van der Waals surface area (Å²) < 4.78 is 41.4. The molecule has 3 aromatic heterocycles. The monoisotopic (exact) mass is 545 g/mol. The summed E-state index contributed by atoms with van der Waals surface area (Å²) in [5.74, 6) is 1.13. The van der Waals surface area contributed by atoms with E-state index in [9.17, 15) is 8.42 Å². The minimum atomic E-state index is -3.81. The molecule has 0 spiro atoms. The number of hydrogen-bond donors (Lipinski definition) is 3. The quantitative estimate of drug-likeness (QED) is 0.275. The Kier molecular flexibility index (Phi) is 6.41. The van der Waals surface area contributed by atoms with Crippen LogP contribution in [-0.4, -0.2) is 48.4 Å². The van der Waals surface area contributed by atoms with E-state index in [1.165, 1.54) is 19.2 Å². The molecule has 12 heteroatoms. The number of hydrogen-bond acceptors (Lipinski definition) is 9. The molecule has 0 radical (unpaired) electrons. The molecule has 0 amide bonds. The number of fused-ring (bicyclic) bond motifs is 1. The lowest BCUT2D eigenvalue weighted by Crippen LogP contribution is -2.29. The number of pyridine rings is 1. The molecule has 1 saturated heterocycles. The summed E-state index contributed by atoms with van der Waals surface area (Å²) in [5.41, 5.74) is 9.81. The Morgan fingerprint density at radius 1 is 1.08 bits per heavy atom. The SMILES string of the molecule is COc1ccc(S(=O)(=O)Nc2ccc3nc(-c4cc(-c5cnn(C6CCNCC6)c5)cnc4N)oc3c2)cc1. The van der Waals surface area contributed by atoms with E-state index in [0.29, 0.717) is 34.1 Å².